The molecule has 2 fully saturated rings. The van der Waals surface area contributed by atoms with E-state index in [4.69, 9.17) is 9.72 Å². The van der Waals surface area contributed by atoms with E-state index in [0.717, 1.165) is 55.8 Å². The molecule has 2 aliphatic rings. The lowest BCUT2D eigenvalue weighted by molar-refractivity contribution is -0.0518. The average molecular weight is 367 g/mol. The van der Waals surface area contributed by atoms with Crippen molar-refractivity contribution in [2.24, 2.45) is 0 Å². The van der Waals surface area contributed by atoms with Crippen LogP contribution >= 0.6 is 0 Å². The highest BCUT2D eigenvalue weighted by Gasteiger charge is 2.29. The van der Waals surface area contributed by atoms with Crippen LogP contribution in [0.4, 0.5) is 5.69 Å². The maximum atomic E-state index is 6.05. The summed E-state index contributed by atoms with van der Waals surface area (Å²) < 4.78 is 6.05. The van der Waals surface area contributed by atoms with Crippen LogP contribution in [0.3, 0.4) is 0 Å². The number of anilines is 1. The van der Waals surface area contributed by atoms with Gasteiger partial charge in [-0.2, -0.15) is 0 Å². The molecule has 144 valence electrons. The molecule has 0 aromatic carbocycles. The van der Waals surface area contributed by atoms with Crippen molar-refractivity contribution in [2.75, 3.05) is 31.6 Å². The van der Waals surface area contributed by atoms with Crippen molar-refractivity contribution in [1.82, 2.24) is 19.9 Å². The van der Waals surface area contributed by atoms with Crippen LogP contribution in [-0.2, 0) is 11.2 Å². The van der Waals surface area contributed by atoms with Crippen molar-refractivity contribution in [1.29, 1.82) is 0 Å². The highest BCUT2D eigenvalue weighted by molar-refractivity contribution is 5.39. The molecule has 0 bridgehead atoms. The molecule has 6 heteroatoms. The predicted molar refractivity (Wildman–Crippen MR) is 106 cm³/mol. The van der Waals surface area contributed by atoms with Gasteiger partial charge in [-0.15, -0.1) is 0 Å². The zero-order valence-corrected chi connectivity index (χ0v) is 15.9. The van der Waals surface area contributed by atoms with Crippen molar-refractivity contribution < 1.29 is 4.74 Å². The maximum absolute atomic E-state index is 6.05. The number of ether oxygens (including phenoxy) is 1. The number of nitrogens with one attached hydrogen (secondary N) is 1. The minimum Gasteiger partial charge on any atom is -0.383 e. The molecule has 1 aliphatic heterocycles. The largest absolute Gasteiger partial charge is 0.383 e. The molecule has 4 rings (SSSR count). The highest BCUT2D eigenvalue weighted by atomic mass is 16.5. The van der Waals surface area contributed by atoms with Crippen LogP contribution < -0.4 is 5.32 Å². The molecule has 1 saturated heterocycles. The zero-order valence-electron chi connectivity index (χ0n) is 15.9. The number of pyridine rings is 1. The van der Waals surface area contributed by atoms with Gasteiger partial charge in [0.25, 0.3) is 0 Å². The quantitative estimate of drug-likeness (QED) is 0.846. The van der Waals surface area contributed by atoms with Gasteiger partial charge in [0.15, 0.2) is 0 Å². The molecule has 1 aliphatic carbocycles. The van der Waals surface area contributed by atoms with Crippen LogP contribution in [0.2, 0.25) is 0 Å². The van der Waals surface area contributed by atoms with Crippen molar-refractivity contribution in [3.63, 3.8) is 0 Å². The molecule has 3 heterocycles. The standard InChI is InChI=1S/C21H29N5O/c1-2-6-19(7-3-1)26-11-12-27-21(16-26)20-15-23-14-18(25-20)8-10-24-17-5-4-9-22-13-17/h4-5,9,13-15,19,21,24H,1-3,6-8,10-12,16H2. The topological polar surface area (TPSA) is 63.2 Å². The van der Waals surface area contributed by atoms with E-state index >= 15 is 0 Å². The lowest BCUT2D eigenvalue weighted by Gasteiger charge is -2.39. The summed E-state index contributed by atoms with van der Waals surface area (Å²) in [6, 6.07) is 4.68. The smallest absolute Gasteiger partial charge is 0.114 e. The van der Waals surface area contributed by atoms with Crippen LogP contribution in [0.5, 0.6) is 0 Å². The maximum Gasteiger partial charge on any atom is 0.114 e. The first-order valence-electron chi connectivity index (χ1n) is 10.2. The van der Waals surface area contributed by atoms with Gasteiger partial charge in [-0.05, 0) is 25.0 Å². The number of rotatable bonds is 6. The van der Waals surface area contributed by atoms with Crippen molar-refractivity contribution in [3.05, 3.63) is 48.3 Å². The third-order valence-corrected chi connectivity index (χ3v) is 5.59. The number of hydrogen-bond donors (Lipinski definition) is 1. The van der Waals surface area contributed by atoms with E-state index in [0.29, 0.717) is 0 Å². The van der Waals surface area contributed by atoms with Gasteiger partial charge in [-0.1, -0.05) is 19.3 Å². The van der Waals surface area contributed by atoms with Crippen LogP contribution in [0, 0.1) is 0 Å². The van der Waals surface area contributed by atoms with Gasteiger partial charge >= 0.3 is 0 Å². The normalized spacial score (nSPS) is 21.9. The molecule has 1 unspecified atom stereocenters. The van der Waals surface area contributed by atoms with Gasteiger partial charge in [-0.3, -0.25) is 19.9 Å². The molecule has 0 radical (unpaired) electrons. The van der Waals surface area contributed by atoms with Crippen molar-refractivity contribution in [2.45, 2.75) is 50.7 Å². The van der Waals surface area contributed by atoms with Gasteiger partial charge in [0.1, 0.15) is 6.10 Å². The lowest BCUT2D eigenvalue weighted by atomic mass is 9.93. The molecule has 27 heavy (non-hydrogen) atoms. The Morgan fingerprint density at radius 1 is 1.11 bits per heavy atom. The Hall–Kier alpha value is -2.05. The second kappa shape index (κ2) is 9.24. The first kappa shape index (κ1) is 18.3. The van der Waals surface area contributed by atoms with E-state index < -0.39 is 0 Å². The fourth-order valence-corrected chi connectivity index (χ4v) is 4.13. The van der Waals surface area contributed by atoms with E-state index in [1.54, 1.807) is 6.20 Å². The third-order valence-electron chi connectivity index (χ3n) is 5.59. The number of morpholine rings is 1. The van der Waals surface area contributed by atoms with E-state index in [9.17, 15) is 0 Å². The Labute approximate surface area is 161 Å². The Morgan fingerprint density at radius 2 is 2.04 bits per heavy atom. The van der Waals surface area contributed by atoms with Gasteiger partial charge < -0.3 is 10.1 Å². The number of nitrogens with zero attached hydrogens (tertiary/aromatic N) is 4. The summed E-state index contributed by atoms with van der Waals surface area (Å²) in [5, 5.41) is 3.37. The fourth-order valence-electron chi connectivity index (χ4n) is 4.13. The van der Waals surface area contributed by atoms with Crippen LogP contribution in [0.1, 0.15) is 49.6 Å². The van der Waals surface area contributed by atoms with Gasteiger partial charge in [-0.25, -0.2) is 0 Å². The van der Waals surface area contributed by atoms with E-state index in [-0.39, 0.29) is 6.10 Å². The summed E-state index contributed by atoms with van der Waals surface area (Å²) in [6.45, 7) is 3.58. The van der Waals surface area contributed by atoms with Crippen molar-refractivity contribution >= 4 is 5.69 Å². The summed E-state index contributed by atoms with van der Waals surface area (Å²) in [5.41, 5.74) is 3.00. The lowest BCUT2D eigenvalue weighted by Crippen LogP contribution is -2.45. The van der Waals surface area contributed by atoms with Gasteiger partial charge in [0.05, 0.1) is 29.9 Å². The molecule has 6 nitrogen and oxygen atoms in total. The molecular formula is C21H29N5O. The monoisotopic (exact) mass is 367 g/mol. The number of hydrogen-bond acceptors (Lipinski definition) is 6. The summed E-state index contributed by atoms with van der Waals surface area (Å²) in [5.74, 6) is 0. The molecule has 2 aromatic heterocycles. The number of aromatic nitrogens is 3. The Morgan fingerprint density at radius 3 is 2.89 bits per heavy atom. The van der Waals surface area contributed by atoms with Gasteiger partial charge in [0, 0.05) is 50.7 Å². The van der Waals surface area contributed by atoms with Crippen LogP contribution in [0.15, 0.2) is 36.9 Å². The first-order valence-corrected chi connectivity index (χ1v) is 10.2. The second-order valence-electron chi connectivity index (χ2n) is 7.50. The molecule has 2 aromatic rings. The van der Waals surface area contributed by atoms with E-state index in [1.807, 2.05) is 30.7 Å². The van der Waals surface area contributed by atoms with Crippen LogP contribution in [0.25, 0.3) is 0 Å². The summed E-state index contributed by atoms with van der Waals surface area (Å²) in [7, 11) is 0. The molecule has 1 N–H and O–H groups in total. The molecule has 0 spiro atoms. The first-order chi connectivity index (χ1) is 13.4. The fraction of sp³-hybridized carbons (Fsp3) is 0.571. The Bertz CT molecular complexity index is 705. The molecule has 0 amide bonds. The molecular weight excluding hydrogens is 338 g/mol. The highest BCUT2D eigenvalue weighted by Crippen LogP contribution is 2.28. The van der Waals surface area contributed by atoms with Crippen LogP contribution in [-0.4, -0.2) is 52.1 Å². The molecule has 1 saturated carbocycles. The van der Waals surface area contributed by atoms with E-state index in [1.165, 1.54) is 32.1 Å². The SMILES string of the molecule is c1cncc(NCCc2cncc(C3CN(C4CCCCC4)CCO3)n2)c1. The van der Waals surface area contributed by atoms with Crippen molar-refractivity contribution in [3.8, 4) is 0 Å². The average Bonchev–Trinajstić information content (AvgIpc) is 2.75. The third kappa shape index (κ3) is 5.02. The summed E-state index contributed by atoms with van der Waals surface area (Å²) >= 11 is 0. The summed E-state index contributed by atoms with van der Waals surface area (Å²) in [6.07, 6.45) is 15.0. The zero-order chi connectivity index (χ0) is 18.3. The second-order valence-corrected chi connectivity index (χ2v) is 7.50. The predicted octanol–water partition coefficient (Wildman–Crippen LogP) is 3.23. The minimum absolute atomic E-state index is 0.0411. The minimum atomic E-state index is 0.0411. The summed E-state index contributed by atoms with van der Waals surface area (Å²) in [4.78, 5) is 16.0. The Balaban J connectivity index is 1.33. The van der Waals surface area contributed by atoms with E-state index in [2.05, 4.69) is 20.2 Å². The Kier molecular flexibility index (Phi) is 6.27. The molecule has 1 atom stereocenters. The van der Waals surface area contributed by atoms with Gasteiger partial charge in [0.2, 0.25) is 0 Å².